The first kappa shape index (κ1) is 18.2. The van der Waals surface area contributed by atoms with Crippen LogP contribution in [0.4, 0.5) is 8.78 Å². The largest absolute Gasteiger partial charge is 0.493 e. The molecular formula is C15H22F2N2O3. The molecule has 2 N–H and O–H groups in total. The van der Waals surface area contributed by atoms with Crippen LogP contribution in [-0.4, -0.2) is 44.7 Å². The van der Waals surface area contributed by atoms with Crippen molar-refractivity contribution < 1.29 is 23.0 Å². The number of halogens is 2. The minimum absolute atomic E-state index is 0.141. The van der Waals surface area contributed by atoms with Gasteiger partial charge in [0.05, 0.1) is 7.11 Å². The molecule has 7 heteroatoms. The van der Waals surface area contributed by atoms with Crippen LogP contribution in [-0.2, 0) is 0 Å². The second-order valence-corrected chi connectivity index (χ2v) is 5.77. The first-order chi connectivity index (χ1) is 10.2. The monoisotopic (exact) mass is 316 g/mol. The molecule has 0 aliphatic rings. The Labute approximate surface area is 129 Å². The summed E-state index contributed by atoms with van der Waals surface area (Å²) >= 11 is 0. The number of nitrogens with zero attached hydrogens (tertiary/aromatic N) is 1. The number of methoxy groups -OCH3 is 1. The van der Waals surface area contributed by atoms with Crippen LogP contribution in [0, 0.1) is 5.41 Å². The van der Waals surface area contributed by atoms with E-state index in [2.05, 4.69) is 4.74 Å². The molecule has 0 bridgehead atoms. The number of hydrogen-bond acceptors (Lipinski definition) is 4. The van der Waals surface area contributed by atoms with Crippen LogP contribution >= 0.6 is 0 Å². The highest BCUT2D eigenvalue weighted by molar-refractivity contribution is 5.94. The first-order valence-electron chi connectivity index (χ1n) is 6.78. The van der Waals surface area contributed by atoms with E-state index in [0.29, 0.717) is 13.1 Å². The van der Waals surface area contributed by atoms with Crippen LogP contribution < -0.4 is 15.2 Å². The van der Waals surface area contributed by atoms with Crippen molar-refractivity contribution in [2.45, 2.75) is 20.5 Å². The molecule has 0 heterocycles. The van der Waals surface area contributed by atoms with E-state index in [1.807, 2.05) is 13.8 Å². The fraction of sp³-hybridized carbons (Fsp3) is 0.533. The maximum Gasteiger partial charge on any atom is 0.387 e. The zero-order valence-corrected chi connectivity index (χ0v) is 13.2. The number of alkyl halides is 2. The lowest BCUT2D eigenvalue weighted by Crippen LogP contribution is -2.39. The van der Waals surface area contributed by atoms with Crippen molar-refractivity contribution in [2.24, 2.45) is 11.1 Å². The van der Waals surface area contributed by atoms with Gasteiger partial charge in [0.1, 0.15) is 0 Å². The molecule has 0 spiro atoms. The summed E-state index contributed by atoms with van der Waals surface area (Å²) in [7, 11) is 2.97. The average molecular weight is 316 g/mol. The Hall–Kier alpha value is -1.89. The fourth-order valence-electron chi connectivity index (χ4n) is 2.00. The van der Waals surface area contributed by atoms with Gasteiger partial charge in [0.2, 0.25) is 0 Å². The number of carbonyl (C=O) groups is 1. The summed E-state index contributed by atoms with van der Waals surface area (Å²) in [5.41, 5.74) is 5.66. The predicted molar refractivity (Wildman–Crippen MR) is 79.4 cm³/mol. The maximum absolute atomic E-state index is 12.4. The van der Waals surface area contributed by atoms with Crippen LogP contribution in [0.15, 0.2) is 18.2 Å². The molecule has 1 aromatic carbocycles. The highest BCUT2D eigenvalue weighted by Crippen LogP contribution is 2.30. The molecular weight excluding hydrogens is 294 g/mol. The molecule has 0 radical (unpaired) electrons. The van der Waals surface area contributed by atoms with E-state index in [-0.39, 0.29) is 28.4 Å². The van der Waals surface area contributed by atoms with Crippen molar-refractivity contribution in [1.82, 2.24) is 4.90 Å². The predicted octanol–water partition coefficient (Wildman–Crippen LogP) is 2.35. The molecule has 0 saturated heterocycles. The van der Waals surface area contributed by atoms with E-state index in [9.17, 15) is 13.6 Å². The first-order valence-corrected chi connectivity index (χ1v) is 6.78. The van der Waals surface area contributed by atoms with Gasteiger partial charge >= 0.3 is 6.61 Å². The van der Waals surface area contributed by atoms with E-state index in [1.54, 1.807) is 7.05 Å². The minimum Gasteiger partial charge on any atom is -0.493 e. The summed E-state index contributed by atoms with van der Waals surface area (Å²) in [5.74, 6) is -0.333. The van der Waals surface area contributed by atoms with E-state index in [4.69, 9.17) is 10.5 Å². The molecule has 0 aromatic heterocycles. The molecule has 1 aromatic rings. The number of rotatable bonds is 7. The van der Waals surface area contributed by atoms with Crippen molar-refractivity contribution in [3.63, 3.8) is 0 Å². The van der Waals surface area contributed by atoms with Crippen LogP contribution in [0.3, 0.4) is 0 Å². The Kier molecular flexibility index (Phi) is 6.11. The smallest absolute Gasteiger partial charge is 0.387 e. The quantitative estimate of drug-likeness (QED) is 0.838. The Balaban J connectivity index is 2.98. The number of hydrogen-bond donors (Lipinski definition) is 1. The number of carbonyl (C=O) groups excluding carboxylic acids is 1. The molecule has 1 amide bonds. The molecule has 0 fully saturated rings. The Morgan fingerprint density at radius 2 is 2.00 bits per heavy atom. The summed E-state index contributed by atoms with van der Waals surface area (Å²) in [6.45, 7) is 1.76. The second kappa shape index (κ2) is 7.40. The van der Waals surface area contributed by atoms with E-state index >= 15 is 0 Å². The molecule has 0 aliphatic carbocycles. The molecule has 0 saturated carbocycles. The molecule has 0 unspecified atom stereocenters. The number of benzene rings is 1. The third-order valence-electron chi connectivity index (χ3n) is 3.19. The van der Waals surface area contributed by atoms with Gasteiger partial charge in [0, 0.05) is 19.2 Å². The van der Waals surface area contributed by atoms with Crippen LogP contribution in [0.1, 0.15) is 24.2 Å². The second-order valence-electron chi connectivity index (χ2n) is 5.77. The maximum atomic E-state index is 12.4. The third kappa shape index (κ3) is 4.84. The van der Waals surface area contributed by atoms with Gasteiger partial charge in [0.25, 0.3) is 5.91 Å². The van der Waals surface area contributed by atoms with E-state index in [0.717, 1.165) is 0 Å². The van der Waals surface area contributed by atoms with Gasteiger partial charge in [-0.25, -0.2) is 0 Å². The minimum atomic E-state index is -2.99. The normalized spacial score (nSPS) is 11.5. The highest BCUT2D eigenvalue weighted by Gasteiger charge is 2.23. The van der Waals surface area contributed by atoms with Crippen molar-refractivity contribution in [3.8, 4) is 11.5 Å². The van der Waals surface area contributed by atoms with Crippen molar-refractivity contribution >= 4 is 5.91 Å². The molecule has 0 atom stereocenters. The van der Waals surface area contributed by atoms with Gasteiger partial charge in [-0.3, -0.25) is 4.79 Å². The Morgan fingerprint density at radius 3 is 2.50 bits per heavy atom. The van der Waals surface area contributed by atoms with Crippen molar-refractivity contribution in [3.05, 3.63) is 23.8 Å². The highest BCUT2D eigenvalue weighted by atomic mass is 19.3. The number of ether oxygens (including phenoxy) is 2. The molecule has 1 rings (SSSR count). The number of nitrogens with two attached hydrogens (primary N) is 1. The fourth-order valence-corrected chi connectivity index (χ4v) is 2.00. The summed E-state index contributed by atoms with van der Waals surface area (Å²) in [6.07, 6.45) is 0. The van der Waals surface area contributed by atoms with Gasteiger partial charge in [-0.15, -0.1) is 0 Å². The Bertz CT molecular complexity index is 522. The van der Waals surface area contributed by atoms with Crippen molar-refractivity contribution in [2.75, 3.05) is 27.2 Å². The standard InChI is InChI=1S/C15H22F2N2O3/c1-15(2,8-18)9-19(3)13(20)10-5-6-11(21-4)12(7-10)22-14(16)17/h5-7,14H,8-9,18H2,1-4H3. The van der Waals surface area contributed by atoms with Crippen LogP contribution in [0.25, 0.3) is 0 Å². The molecule has 0 aliphatic heterocycles. The SMILES string of the molecule is COc1ccc(C(=O)N(C)CC(C)(C)CN)cc1OC(F)F. The van der Waals surface area contributed by atoms with Gasteiger partial charge in [0.15, 0.2) is 11.5 Å². The lowest BCUT2D eigenvalue weighted by Gasteiger charge is -2.29. The zero-order valence-electron chi connectivity index (χ0n) is 13.2. The summed E-state index contributed by atoms with van der Waals surface area (Å²) in [6, 6.07) is 4.18. The zero-order chi connectivity index (χ0) is 16.9. The van der Waals surface area contributed by atoms with E-state index in [1.165, 1.54) is 30.2 Å². The Morgan fingerprint density at radius 1 is 1.36 bits per heavy atom. The molecule has 5 nitrogen and oxygen atoms in total. The van der Waals surface area contributed by atoms with Gasteiger partial charge in [-0.1, -0.05) is 13.8 Å². The topological polar surface area (TPSA) is 64.8 Å². The number of amides is 1. The van der Waals surface area contributed by atoms with Crippen LogP contribution in [0.5, 0.6) is 11.5 Å². The van der Waals surface area contributed by atoms with Crippen LogP contribution in [0.2, 0.25) is 0 Å². The summed E-state index contributed by atoms with van der Waals surface area (Å²) < 4.78 is 34.1. The molecule has 124 valence electrons. The lowest BCUT2D eigenvalue weighted by atomic mass is 9.93. The van der Waals surface area contributed by atoms with Gasteiger partial charge in [-0.05, 0) is 30.2 Å². The van der Waals surface area contributed by atoms with Gasteiger partial charge < -0.3 is 20.1 Å². The van der Waals surface area contributed by atoms with E-state index < -0.39 is 6.61 Å². The van der Waals surface area contributed by atoms with Gasteiger partial charge in [-0.2, -0.15) is 8.78 Å². The third-order valence-corrected chi connectivity index (χ3v) is 3.19. The van der Waals surface area contributed by atoms with Crippen molar-refractivity contribution in [1.29, 1.82) is 0 Å². The lowest BCUT2D eigenvalue weighted by molar-refractivity contribution is -0.0512. The average Bonchev–Trinajstić information content (AvgIpc) is 2.45. The molecule has 22 heavy (non-hydrogen) atoms. The summed E-state index contributed by atoms with van der Waals surface area (Å²) in [5, 5.41) is 0. The summed E-state index contributed by atoms with van der Waals surface area (Å²) in [4.78, 5) is 13.9.